The quantitative estimate of drug-likeness (QED) is 0.728. The van der Waals surface area contributed by atoms with E-state index in [1.807, 2.05) is 23.0 Å². The topological polar surface area (TPSA) is 46.9 Å². The van der Waals surface area contributed by atoms with Crippen LogP contribution >= 0.6 is 0 Å². The summed E-state index contributed by atoms with van der Waals surface area (Å²) in [6.45, 7) is 6.27. The van der Waals surface area contributed by atoms with Gasteiger partial charge in [-0.25, -0.2) is 4.68 Å². The van der Waals surface area contributed by atoms with E-state index in [9.17, 15) is 4.79 Å². The maximum Gasteiger partial charge on any atom is 0.226 e. The number of benzene rings is 2. The molecule has 1 aliphatic heterocycles. The number of carbonyl (C=O) groups excluding carboxylic acids is 1. The zero-order valence-electron chi connectivity index (χ0n) is 14.2. The molecule has 0 saturated carbocycles. The number of amides is 1. The van der Waals surface area contributed by atoms with E-state index in [0.717, 1.165) is 11.4 Å². The molecule has 0 saturated heterocycles. The third kappa shape index (κ3) is 2.30. The summed E-state index contributed by atoms with van der Waals surface area (Å²) in [7, 11) is 0. The highest BCUT2D eigenvalue weighted by Gasteiger charge is 2.33. The number of nitrogens with zero attached hydrogens (tertiary/aromatic N) is 2. The SMILES string of the molecule is CC(C)(C)n1ncc2c1NC(=O)C[C@@H]2c1cccc2ccccc12. The van der Waals surface area contributed by atoms with E-state index in [-0.39, 0.29) is 17.4 Å². The van der Waals surface area contributed by atoms with Crippen LogP contribution in [-0.4, -0.2) is 15.7 Å². The van der Waals surface area contributed by atoms with Gasteiger partial charge in [0.05, 0.1) is 11.7 Å². The van der Waals surface area contributed by atoms with E-state index >= 15 is 0 Å². The Morgan fingerprint density at radius 2 is 1.83 bits per heavy atom. The Balaban J connectivity index is 1.92. The second kappa shape index (κ2) is 5.20. The molecule has 3 aromatic rings. The molecule has 2 heterocycles. The summed E-state index contributed by atoms with van der Waals surface area (Å²) in [4.78, 5) is 12.4. The van der Waals surface area contributed by atoms with Crippen molar-refractivity contribution in [3.8, 4) is 0 Å². The van der Waals surface area contributed by atoms with Crippen molar-refractivity contribution in [2.45, 2.75) is 38.6 Å². The molecule has 1 amide bonds. The molecule has 0 bridgehead atoms. The lowest BCUT2D eigenvalue weighted by Crippen LogP contribution is -2.30. The summed E-state index contributed by atoms with van der Waals surface area (Å²) in [5, 5.41) is 9.99. The van der Waals surface area contributed by atoms with Gasteiger partial charge in [0.25, 0.3) is 0 Å². The highest BCUT2D eigenvalue weighted by Crippen LogP contribution is 2.40. The molecule has 0 fully saturated rings. The zero-order valence-corrected chi connectivity index (χ0v) is 14.2. The van der Waals surface area contributed by atoms with Gasteiger partial charge >= 0.3 is 0 Å². The number of aromatic nitrogens is 2. The predicted octanol–water partition coefficient (Wildman–Crippen LogP) is 4.27. The van der Waals surface area contributed by atoms with Gasteiger partial charge in [-0.15, -0.1) is 0 Å². The van der Waals surface area contributed by atoms with Crippen molar-refractivity contribution in [1.29, 1.82) is 0 Å². The van der Waals surface area contributed by atoms with Gasteiger partial charge in [0.2, 0.25) is 5.91 Å². The Bertz CT molecular complexity index is 928. The highest BCUT2D eigenvalue weighted by molar-refractivity contribution is 5.96. The van der Waals surface area contributed by atoms with Crippen molar-refractivity contribution >= 4 is 22.5 Å². The van der Waals surface area contributed by atoms with Crippen LogP contribution in [0.1, 0.15) is 44.2 Å². The lowest BCUT2D eigenvalue weighted by atomic mass is 9.84. The van der Waals surface area contributed by atoms with Gasteiger partial charge in [-0.3, -0.25) is 4.79 Å². The molecule has 1 aliphatic rings. The van der Waals surface area contributed by atoms with Gasteiger partial charge in [0.15, 0.2) is 0 Å². The Morgan fingerprint density at radius 1 is 1.08 bits per heavy atom. The molecule has 0 unspecified atom stereocenters. The summed E-state index contributed by atoms with van der Waals surface area (Å²) in [5.41, 5.74) is 2.11. The summed E-state index contributed by atoms with van der Waals surface area (Å²) in [5.74, 6) is 0.916. The van der Waals surface area contributed by atoms with Crippen molar-refractivity contribution in [2.75, 3.05) is 5.32 Å². The monoisotopic (exact) mass is 319 g/mol. The van der Waals surface area contributed by atoms with Crippen LogP contribution in [-0.2, 0) is 10.3 Å². The Morgan fingerprint density at radius 3 is 2.62 bits per heavy atom. The van der Waals surface area contributed by atoms with Crippen LogP contribution in [0.2, 0.25) is 0 Å². The zero-order chi connectivity index (χ0) is 16.9. The van der Waals surface area contributed by atoms with E-state index in [2.05, 4.69) is 61.5 Å². The lowest BCUT2D eigenvalue weighted by molar-refractivity contribution is -0.116. The molecular weight excluding hydrogens is 298 g/mol. The smallest absolute Gasteiger partial charge is 0.226 e. The van der Waals surface area contributed by atoms with Crippen molar-refractivity contribution in [2.24, 2.45) is 0 Å². The third-order valence-corrected chi connectivity index (χ3v) is 4.65. The minimum absolute atomic E-state index is 0.0379. The van der Waals surface area contributed by atoms with Crippen molar-refractivity contribution < 1.29 is 4.79 Å². The first-order valence-corrected chi connectivity index (χ1v) is 8.31. The fourth-order valence-corrected chi connectivity index (χ4v) is 3.56. The molecule has 4 rings (SSSR count). The number of hydrogen-bond acceptors (Lipinski definition) is 2. The molecular formula is C20H21N3O. The normalized spacial score (nSPS) is 17.6. The Hall–Kier alpha value is -2.62. The van der Waals surface area contributed by atoms with Crippen molar-refractivity contribution in [1.82, 2.24) is 9.78 Å². The van der Waals surface area contributed by atoms with E-state index < -0.39 is 0 Å². The predicted molar refractivity (Wildman–Crippen MR) is 96.3 cm³/mol. The minimum Gasteiger partial charge on any atom is -0.311 e. The molecule has 2 aromatic carbocycles. The Labute approximate surface area is 141 Å². The number of nitrogens with one attached hydrogen (secondary N) is 1. The molecule has 1 aromatic heterocycles. The van der Waals surface area contributed by atoms with Crippen LogP contribution < -0.4 is 5.32 Å². The molecule has 1 atom stereocenters. The molecule has 4 heteroatoms. The molecule has 0 radical (unpaired) electrons. The first-order chi connectivity index (χ1) is 11.4. The molecule has 0 aliphatic carbocycles. The summed E-state index contributed by atoms with van der Waals surface area (Å²) in [6, 6.07) is 14.6. The number of anilines is 1. The molecule has 4 nitrogen and oxygen atoms in total. The van der Waals surface area contributed by atoms with Crippen LogP contribution in [0.5, 0.6) is 0 Å². The number of rotatable bonds is 1. The van der Waals surface area contributed by atoms with E-state index in [0.29, 0.717) is 6.42 Å². The van der Waals surface area contributed by atoms with Gasteiger partial charge in [-0.05, 0) is 37.1 Å². The van der Waals surface area contributed by atoms with Gasteiger partial charge in [-0.2, -0.15) is 5.10 Å². The Kier molecular flexibility index (Phi) is 3.23. The lowest BCUT2D eigenvalue weighted by Gasteiger charge is -2.28. The van der Waals surface area contributed by atoms with Crippen LogP contribution in [0.15, 0.2) is 48.7 Å². The van der Waals surface area contributed by atoms with Gasteiger partial charge in [0.1, 0.15) is 5.82 Å². The van der Waals surface area contributed by atoms with Gasteiger partial charge in [0, 0.05) is 17.9 Å². The van der Waals surface area contributed by atoms with Crippen LogP contribution in [0.4, 0.5) is 5.82 Å². The molecule has 0 spiro atoms. The van der Waals surface area contributed by atoms with Gasteiger partial charge in [-0.1, -0.05) is 42.5 Å². The number of hydrogen-bond donors (Lipinski definition) is 1. The molecule has 1 N–H and O–H groups in total. The number of carbonyl (C=O) groups is 1. The summed E-state index contributed by atoms with van der Waals surface area (Å²) >= 11 is 0. The molecule has 24 heavy (non-hydrogen) atoms. The highest BCUT2D eigenvalue weighted by atomic mass is 16.1. The van der Waals surface area contributed by atoms with Gasteiger partial charge < -0.3 is 5.32 Å². The summed E-state index contributed by atoms with van der Waals surface area (Å²) < 4.78 is 1.91. The second-order valence-electron chi connectivity index (χ2n) is 7.40. The average molecular weight is 319 g/mol. The van der Waals surface area contributed by atoms with Crippen molar-refractivity contribution in [3.63, 3.8) is 0 Å². The third-order valence-electron chi connectivity index (χ3n) is 4.65. The fourth-order valence-electron chi connectivity index (χ4n) is 3.56. The maximum atomic E-state index is 12.4. The van der Waals surface area contributed by atoms with Crippen LogP contribution in [0.3, 0.4) is 0 Å². The standard InChI is InChI=1S/C20H21N3O/c1-20(2,3)23-19-17(12-21-23)16(11-18(24)22-19)15-10-6-8-13-7-4-5-9-14(13)15/h4-10,12,16H,11H2,1-3H3,(H,22,24)/t16-/m1/s1. The van der Waals surface area contributed by atoms with Crippen LogP contribution in [0, 0.1) is 0 Å². The first-order valence-electron chi connectivity index (χ1n) is 8.31. The fraction of sp³-hybridized carbons (Fsp3) is 0.300. The average Bonchev–Trinajstić information content (AvgIpc) is 2.97. The minimum atomic E-state index is -0.179. The van der Waals surface area contributed by atoms with E-state index in [4.69, 9.17) is 0 Å². The molecule has 122 valence electrons. The van der Waals surface area contributed by atoms with E-state index in [1.54, 1.807) is 0 Å². The second-order valence-corrected chi connectivity index (χ2v) is 7.40. The maximum absolute atomic E-state index is 12.4. The first kappa shape index (κ1) is 14.9. The van der Waals surface area contributed by atoms with Crippen molar-refractivity contribution in [3.05, 3.63) is 59.8 Å². The van der Waals surface area contributed by atoms with E-state index in [1.165, 1.54) is 16.3 Å². The number of fused-ring (bicyclic) bond motifs is 2. The largest absolute Gasteiger partial charge is 0.311 e. The summed E-state index contributed by atoms with van der Waals surface area (Å²) in [6.07, 6.45) is 2.36. The van der Waals surface area contributed by atoms with Crippen LogP contribution in [0.25, 0.3) is 10.8 Å².